The number of nitrogens with zero attached hydrogens (tertiary/aromatic N) is 2. The van der Waals surface area contributed by atoms with Gasteiger partial charge < -0.3 is 15.5 Å². The van der Waals surface area contributed by atoms with Crippen molar-refractivity contribution < 1.29 is 9.18 Å². The lowest BCUT2D eigenvalue weighted by atomic mass is 10.0. The van der Waals surface area contributed by atoms with Crippen molar-refractivity contribution in [3.63, 3.8) is 0 Å². The Labute approximate surface area is 137 Å². The number of benzene rings is 1. The lowest BCUT2D eigenvalue weighted by Gasteiger charge is -2.34. The SMILES string of the molecule is CCC(NC(C)c1ccc(N2CCN(C)CC2)c(F)c1)C(N)=O. The molecule has 1 heterocycles. The molecule has 1 aromatic rings. The van der Waals surface area contributed by atoms with Gasteiger partial charge in [-0.2, -0.15) is 0 Å². The molecule has 1 saturated heterocycles. The second kappa shape index (κ2) is 7.75. The van der Waals surface area contributed by atoms with E-state index < -0.39 is 6.04 Å². The molecule has 1 amide bonds. The Bertz CT molecular complexity index is 543. The molecule has 0 radical (unpaired) electrons. The van der Waals surface area contributed by atoms with Crippen LogP contribution in [-0.2, 0) is 4.79 Å². The van der Waals surface area contributed by atoms with Crippen LogP contribution in [0, 0.1) is 5.82 Å². The molecule has 1 aliphatic rings. The van der Waals surface area contributed by atoms with Gasteiger partial charge in [0.2, 0.25) is 5.91 Å². The third kappa shape index (κ3) is 4.42. The Balaban J connectivity index is 2.07. The third-order valence-electron chi connectivity index (χ3n) is 4.52. The summed E-state index contributed by atoms with van der Waals surface area (Å²) >= 11 is 0. The molecule has 2 rings (SSSR count). The number of hydrogen-bond donors (Lipinski definition) is 2. The van der Waals surface area contributed by atoms with Gasteiger partial charge in [-0.3, -0.25) is 10.1 Å². The summed E-state index contributed by atoms with van der Waals surface area (Å²) in [4.78, 5) is 15.6. The van der Waals surface area contributed by atoms with Crippen LogP contribution in [0.3, 0.4) is 0 Å². The molecule has 0 spiro atoms. The molecule has 1 aliphatic heterocycles. The average molecular weight is 322 g/mol. The van der Waals surface area contributed by atoms with E-state index in [0.29, 0.717) is 12.1 Å². The van der Waals surface area contributed by atoms with E-state index >= 15 is 0 Å². The van der Waals surface area contributed by atoms with Crippen LogP contribution in [0.4, 0.5) is 10.1 Å². The summed E-state index contributed by atoms with van der Waals surface area (Å²) in [6, 6.07) is 4.77. The molecule has 1 fully saturated rings. The van der Waals surface area contributed by atoms with Gasteiger partial charge in [0.15, 0.2) is 0 Å². The number of halogens is 1. The summed E-state index contributed by atoms with van der Waals surface area (Å²) in [5.41, 5.74) is 6.82. The number of carbonyl (C=O) groups is 1. The number of primary amides is 1. The Hall–Kier alpha value is -1.66. The molecule has 1 aromatic carbocycles. The highest BCUT2D eigenvalue weighted by atomic mass is 19.1. The first kappa shape index (κ1) is 17.7. The molecular formula is C17H27FN4O. The van der Waals surface area contributed by atoms with Crippen LogP contribution in [0.25, 0.3) is 0 Å². The van der Waals surface area contributed by atoms with Crippen molar-refractivity contribution >= 4 is 11.6 Å². The summed E-state index contributed by atoms with van der Waals surface area (Å²) in [5.74, 6) is -0.596. The molecular weight excluding hydrogens is 295 g/mol. The minimum absolute atomic E-state index is 0.136. The molecule has 3 N–H and O–H groups in total. The number of piperazine rings is 1. The van der Waals surface area contributed by atoms with Crippen LogP contribution in [0.5, 0.6) is 0 Å². The maximum absolute atomic E-state index is 14.5. The van der Waals surface area contributed by atoms with Gasteiger partial charge in [0, 0.05) is 32.2 Å². The van der Waals surface area contributed by atoms with Crippen molar-refractivity contribution in [3.05, 3.63) is 29.6 Å². The number of nitrogens with two attached hydrogens (primary N) is 1. The Morgan fingerprint density at radius 2 is 2.00 bits per heavy atom. The number of hydrogen-bond acceptors (Lipinski definition) is 4. The van der Waals surface area contributed by atoms with Crippen LogP contribution in [0.15, 0.2) is 18.2 Å². The van der Waals surface area contributed by atoms with E-state index in [9.17, 15) is 9.18 Å². The number of anilines is 1. The highest BCUT2D eigenvalue weighted by Crippen LogP contribution is 2.24. The zero-order chi connectivity index (χ0) is 17.0. The van der Waals surface area contributed by atoms with E-state index in [1.807, 2.05) is 26.0 Å². The van der Waals surface area contributed by atoms with Crippen molar-refractivity contribution in [3.8, 4) is 0 Å². The Morgan fingerprint density at radius 3 is 2.52 bits per heavy atom. The van der Waals surface area contributed by atoms with Gasteiger partial charge in [-0.05, 0) is 38.1 Å². The molecule has 23 heavy (non-hydrogen) atoms. The van der Waals surface area contributed by atoms with Crippen molar-refractivity contribution in [1.82, 2.24) is 10.2 Å². The molecule has 2 unspecified atom stereocenters. The molecule has 6 heteroatoms. The third-order valence-corrected chi connectivity index (χ3v) is 4.52. The molecule has 2 atom stereocenters. The van der Waals surface area contributed by atoms with E-state index in [-0.39, 0.29) is 17.8 Å². The van der Waals surface area contributed by atoms with E-state index in [2.05, 4.69) is 22.2 Å². The highest BCUT2D eigenvalue weighted by Gasteiger charge is 2.20. The number of carbonyl (C=O) groups excluding carboxylic acids is 1. The summed E-state index contributed by atoms with van der Waals surface area (Å²) in [5, 5.41) is 3.15. The monoisotopic (exact) mass is 322 g/mol. The first-order chi connectivity index (χ1) is 10.9. The summed E-state index contributed by atoms with van der Waals surface area (Å²) in [7, 11) is 2.08. The lowest BCUT2D eigenvalue weighted by Crippen LogP contribution is -2.44. The van der Waals surface area contributed by atoms with E-state index in [1.165, 1.54) is 0 Å². The van der Waals surface area contributed by atoms with Gasteiger partial charge in [-0.1, -0.05) is 13.0 Å². The van der Waals surface area contributed by atoms with Crippen LogP contribution in [-0.4, -0.2) is 50.1 Å². The number of rotatable bonds is 6. The zero-order valence-electron chi connectivity index (χ0n) is 14.2. The molecule has 0 aliphatic carbocycles. The van der Waals surface area contributed by atoms with E-state index in [0.717, 1.165) is 31.7 Å². The fourth-order valence-electron chi connectivity index (χ4n) is 2.90. The van der Waals surface area contributed by atoms with Crippen molar-refractivity contribution in [2.75, 3.05) is 38.1 Å². The lowest BCUT2D eigenvalue weighted by molar-refractivity contribution is -0.120. The van der Waals surface area contributed by atoms with Crippen LogP contribution >= 0.6 is 0 Å². The molecule has 0 aromatic heterocycles. The minimum Gasteiger partial charge on any atom is -0.368 e. The number of nitrogens with one attached hydrogen (secondary N) is 1. The van der Waals surface area contributed by atoms with Gasteiger partial charge in [0.1, 0.15) is 5.82 Å². The predicted octanol–water partition coefficient (Wildman–Crippen LogP) is 1.49. The number of amides is 1. The number of likely N-dealkylation sites (N-methyl/N-ethyl adjacent to an activating group) is 1. The summed E-state index contributed by atoms with van der Waals surface area (Å²) in [6.07, 6.45) is 0.613. The molecule has 128 valence electrons. The normalized spacial score (nSPS) is 18.7. The van der Waals surface area contributed by atoms with Crippen LogP contribution in [0.2, 0.25) is 0 Å². The molecule has 0 saturated carbocycles. The van der Waals surface area contributed by atoms with Gasteiger partial charge >= 0.3 is 0 Å². The van der Waals surface area contributed by atoms with Crippen molar-refractivity contribution in [2.24, 2.45) is 5.73 Å². The first-order valence-electron chi connectivity index (χ1n) is 8.20. The van der Waals surface area contributed by atoms with Gasteiger partial charge in [-0.25, -0.2) is 4.39 Å². The van der Waals surface area contributed by atoms with Gasteiger partial charge in [0.05, 0.1) is 11.7 Å². The molecule has 0 bridgehead atoms. The van der Waals surface area contributed by atoms with E-state index in [4.69, 9.17) is 5.73 Å². The predicted molar refractivity (Wildman–Crippen MR) is 90.9 cm³/mol. The van der Waals surface area contributed by atoms with Crippen molar-refractivity contribution in [1.29, 1.82) is 0 Å². The summed E-state index contributed by atoms with van der Waals surface area (Å²) < 4.78 is 14.5. The van der Waals surface area contributed by atoms with E-state index in [1.54, 1.807) is 6.07 Å². The Kier molecular flexibility index (Phi) is 5.96. The second-order valence-corrected chi connectivity index (χ2v) is 6.25. The summed E-state index contributed by atoms with van der Waals surface area (Å²) in [6.45, 7) is 7.36. The second-order valence-electron chi connectivity index (χ2n) is 6.25. The standard InChI is InChI=1S/C17H27FN4O/c1-4-15(17(19)23)20-12(2)13-5-6-16(14(18)11-13)22-9-7-21(3)8-10-22/h5-6,11-12,15,20H,4,7-10H2,1-3H3,(H2,19,23). The maximum atomic E-state index is 14.5. The van der Waals surface area contributed by atoms with Crippen LogP contribution in [0.1, 0.15) is 31.9 Å². The van der Waals surface area contributed by atoms with Gasteiger partial charge in [0.25, 0.3) is 0 Å². The largest absolute Gasteiger partial charge is 0.368 e. The van der Waals surface area contributed by atoms with Gasteiger partial charge in [-0.15, -0.1) is 0 Å². The van der Waals surface area contributed by atoms with Crippen LogP contribution < -0.4 is 16.0 Å². The van der Waals surface area contributed by atoms with Crippen molar-refractivity contribution in [2.45, 2.75) is 32.4 Å². The smallest absolute Gasteiger partial charge is 0.234 e. The first-order valence-corrected chi connectivity index (χ1v) is 8.20. The Morgan fingerprint density at radius 1 is 1.35 bits per heavy atom. The average Bonchev–Trinajstić information content (AvgIpc) is 2.53. The maximum Gasteiger partial charge on any atom is 0.234 e. The quantitative estimate of drug-likeness (QED) is 0.833. The molecule has 5 nitrogen and oxygen atoms in total. The fourth-order valence-corrected chi connectivity index (χ4v) is 2.90. The fraction of sp³-hybridized carbons (Fsp3) is 0.588. The zero-order valence-corrected chi connectivity index (χ0v) is 14.2. The minimum atomic E-state index is -0.398. The highest BCUT2D eigenvalue weighted by molar-refractivity contribution is 5.79. The topological polar surface area (TPSA) is 61.6 Å².